The molecule has 2 aromatic rings. The third-order valence-corrected chi connectivity index (χ3v) is 3.25. The molecule has 0 aliphatic rings. The van der Waals surface area contributed by atoms with Gasteiger partial charge in [-0.05, 0) is 35.0 Å². The summed E-state index contributed by atoms with van der Waals surface area (Å²) in [5.74, 6) is 0.637. The van der Waals surface area contributed by atoms with Gasteiger partial charge < -0.3 is 9.64 Å². The zero-order valence-electron chi connectivity index (χ0n) is 11.0. The van der Waals surface area contributed by atoms with Crippen LogP contribution in [0.2, 0.25) is 0 Å². The summed E-state index contributed by atoms with van der Waals surface area (Å²) in [5, 5.41) is 2.85. The molecule has 0 atom stereocenters. The Morgan fingerprint density at radius 1 is 1.21 bits per heavy atom. The molecule has 100 valence electrons. The summed E-state index contributed by atoms with van der Waals surface area (Å²) in [6.07, 6.45) is 0.836. The van der Waals surface area contributed by atoms with Crippen LogP contribution in [0.3, 0.4) is 0 Å². The fraction of sp³-hybridized carbons (Fsp3) is 0.267. The molecule has 0 radical (unpaired) electrons. The van der Waals surface area contributed by atoms with Crippen molar-refractivity contribution in [2.24, 2.45) is 0 Å². The van der Waals surface area contributed by atoms with E-state index in [0.29, 0.717) is 17.9 Å². The number of nitrogens with zero attached hydrogens (tertiary/aromatic N) is 1. The van der Waals surface area contributed by atoms with Crippen LogP contribution in [0.1, 0.15) is 10.4 Å². The molecular formula is C15H16BrNO2. The number of fused-ring (bicyclic) bond motifs is 1. The Kier molecular flexibility index (Phi) is 4.43. The number of carbonyl (C=O) groups excluding carboxylic acids is 1. The van der Waals surface area contributed by atoms with Crippen molar-refractivity contribution in [3.05, 3.63) is 35.9 Å². The van der Waals surface area contributed by atoms with Crippen molar-refractivity contribution in [1.29, 1.82) is 0 Å². The molecule has 0 spiro atoms. The quantitative estimate of drug-likeness (QED) is 0.623. The van der Waals surface area contributed by atoms with E-state index in [9.17, 15) is 4.79 Å². The second-order valence-electron chi connectivity index (χ2n) is 4.47. The normalized spacial score (nSPS) is 10.5. The molecule has 0 aliphatic carbocycles. The summed E-state index contributed by atoms with van der Waals surface area (Å²) in [7, 11) is 4.01. The van der Waals surface area contributed by atoms with Gasteiger partial charge in [-0.15, -0.1) is 0 Å². The third-order valence-electron chi connectivity index (χ3n) is 2.93. The largest absolute Gasteiger partial charge is 0.492 e. The highest BCUT2D eigenvalue weighted by Crippen LogP contribution is 2.28. The maximum absolute atomic E-state index is 11.1. The molecule has 2 rings (SSSR count). The number of halogens is 1. The first-order valence-corrected chi connectivity index (χ1v) is 7.17. The molecule has 0 fully saturated rings. The van der Waals surface area contributed by atoms with E-state index >= 15 is 0 Å². The van der Waals surface area contributed by atoms with E-state index in [1.54, 1.807) is 0 Å². The summed E-state index contributed by atoms with van der Waals surface area (Å²) in [5.41, 5.74) is 1.71. The van der Waals surface area contributed by atoms with Crippen LogP contribution in [0.5, 0.6) is 5.75 Å². The van der Waals surface area contributed by atoms with Gasteiger partial charge in [-0.3, -0.25) is 4.79 Å². The lowest BCUT2D eigenvalue weighted by atomic mass is 10.1. The van der Waals surface area contributed by atoms with Crippen molar-refractivity contribution in [3.63, 3.8) is 0 Å². The van der Waals surface area contributed by atoms with E-state index in [2.05, 4.69) is 22.0 Å². The van der Waals surface area contributed by atoms with Crippen LogP contribution in [0, 0.1) is 0 Å². The molecule has 0 unspecified atom stereocenters. The minimum absolute atomic E-state index is 0.541. The molecule has 19 heavy (non-hydrogen) atoms. The van der Waals surface area contributed by atoms with Crippen molar-refractivity contribution < 1.29 is 9.53 Å². The van der Waals surface area contributed by atoms with E-state index in [-0.39, 0.29) is 0 Å². The first-order chi connectivity index (χ1) is 9.15. The Hall–Kier alpha value is -1.55. The van der Waals surface area contributed by atoms with Crippen molar-refractivity contribution in [3.8, 4) is 5.75 Å². The van der Waals surface area contributed by atoms with Crippen LogP contribution in [0.25, 0.3) is 10.8 Å². The average Bonchev–Trinajstić information content (AvgIpc) is 2.43. The number of alkyl halides is 1. The number of carbonyl (C=O) groups is 1. The number of benzene rings is 2. The van der Waals surface area contributed by atoms with Crippen molar-refractivity contribution >= 4 is 38.7 Å². The highest BCUT2D eigenvalue weighted by Gasteiger charge is 2.07. The van der Waals surface area contributed by atoms with Gasteiger partial charge in [0.1, 0.15) is 5.75 Å². The molecule has 2 aromatic carbocycles. The Labute approximate surface area is 121 Å². The van der Waals surface area contributed by atoms with Gasteiger partial charge in [0.25, 0.3) is 0 Å². The Morgan fingerprint density at radius 2 is 2.00 bits per heavy atom. The molecular weight excluding hydrogens is 306 g/mol. The van der Waals surface area contributed by atoms with Crippen LogP contribution < -0.4 is 9.64 Å². The summed E-state index contributed by atoms with van der Waals surface area (Å²) >= 11 is 3.31. The number of aldehydes is 1. The van der Waals surface area contributed by atoms with Gasteiger partial charge in [-0.1, -0.05) is 22.0 Å². The van der Waals surface area contributed by atoms with Crippen molar-refractivity contribution in [2.45, 2.75) is 0 Å². The first kappa shape index (κ1) is 13.9. The minimum atomic E-state index is 0.541. The molecule has 3 nitrogen and oxygen atoms in total. The smallest absolute Gasteiger partial charge is 0.153 e. The monoisotopic (exact) mass is 321 g/mol. The molecule has 0 bridgehead atoms. The SMILES string of the molecule is CN(C)c1ccc2cc(C=O)c(OCCBr)cc2c1. The molecule has 0 aromatic heterocycles. The van der Waals surface area contributed by atoms with Crippen molar-refractivity contribution in [2.75, 3.05) is 30.9 Å². The van der Waals surface area contributed by atoms with Crippen LogP contribution in [0.4, 0.5) is 5.69 Å². The Balaban J connectivity index is 2.51. The van der Waals surface area contributed by atoms with Gasteiger partial charge in [0.15, 0.2) is 6.29 Å². The minimum Gasteiger partial charge on any atom is -0.492 e. The molecule has 0 saturated heterocycles. The first-order valence-electron chi connectivity index (χ1n) is 6.05. The Bertz CT molecular complexity index is 596. The van der Waals surface area contributed by atoms with Crippen LogP contribution in [-0.4, -0.2) is 32.3 Å². The van der Waals surface area contributed by atoms with Gasteiger partial charge >= 0.3 is 0 Å². The number of ether oxygens (including phenoxy) is 1. The number of hydrogen-bond donors (Lipinski definition) is 0. The van der Waals surface area contributed by atoms with E-state index in [0.717, 1.165) is 28.1 Å². The maximum atomic E-state index is 11.1. The Morgan fingerprint density at radius 3 is 2.63 bits per heavy atom. The lowest BCUT2D eigenvalue weighted by molar-refractivity contribution is 0.112. The van der Waals surface area contributed by atoms with E-state index in [4.69, 9.17) is 4.74 Å². The second kappa shape index (κ2) is 6.06. The lowest BCUT2D eigenvalue weighted by Crippen LogP contribution is -2.08. The summed E-state index contributed by atoms with van der Waals surface area (Å²) in [6, 6.07) is 9.94. The van der Waals surface area contributed by atoms with Gasteiger partial charge in [0.2, 0.25) is 0 Å². The van der Waals surface area contributed by atoms with Crippen LogP contribution in [-0.2, 0) is 0 Å². The highest BCUT2D eigenvalue weighted by atomic mass is 79.9. The van der Waals surface area contributed by atoms with Gasteiger partial charge in [-0.2, -0.15) is 0 Å². The summed E-state index contributed by atoms with van der Waals surface area (Å²) in [6.45, 7) is 0.541. The predicted octanol–water partition coefficient (Wildman–Crippen LogP) is 3.49. The van der Waals surface area contributed by atoms with E-state index in [1.807, 2.05) is 43.3 Å². The molecule has 4 heteroatoms. The predicted molar refractivity (Wildman–Crippen MR) is 83.0 cm³/mol. The topological polar surface area (TPSA) is 29.5 Å². The summed E-state index contributed by atoms with van der Waals surface area (Å²) < 4.78 is 5.59. The van der Waals surface area contributed by atoms with E-state index < -0.39 is 0 Å². The lowest BCUT2D eigenvalue weighted by Gasteiger charge is -2.14. The molecule has 0 N–H and O–H groups in total. The molecule has 0 saturated carbocycles. The average molecular weight is 322 g/mol. The maximum Gasteiger partial charge on any atom is 0.153 e. The molecule has 0 heterocycles. The number of hydrogen-bond acceptors (Lipinski definition) is 3. The van der Waals surface area contributed by atoms with Crippen LogP contribution >= 0.6 is 15.9 Å². The molecule has 0 aliphatic heterocycles. The van der Waals surface area contributed by atoms with Gasteiger partial charge in [0.05, 0.1) is 12.2 Å². The highest BCUT2D eigenvalue weighted by molar-refractivity contribution is 9.09. The van der Waals surface area contributed by atoms with Gasteiger partial charge in [0, 0.05) is 25.1 Å². The third kappa shape index (κ3) is 3.07. The number of rotatable bonds is 5. The molecule has 0 amide bonds. The zero-order chi connectivity index (χ0) is 13.8. The zero-order valence-corrected chi connectivity index (χ0v) is 12.6. The fourth-order valence-electron chi connectivity index (χ4n) is 1.93. The van der Waals surface area contributed by atoms with Crippen molar-refractivity contribution in [1.82, 2.24) is 0 Å². The summed E-state index contributed by atoms with van der Waals surface area (Å²) in [4.78, 5) is 13.2. The van der Waals surface area contributed by atoms with E-state index in [1.165, 1.54) is 0 Å². The standard InChI is InChI=1S/C15H16BrNO2/c1-17(2)14-4-3-11-7-13(10-18)15(19-6-5-16)9-12(11)8-14/h3-4,7-10H,5-6H2,1-2H3. The van der Waals surface area contributed by atoms with Gasteiger partial charge in [-0.25, -0.2) is 0 Å². The fourth-order valence-corrected chi connectivity index (χ4v) is 2.09. The van der Waals surface area contributed by atoms with Crippen LogP contribution in [0.15, 0.2) is 30.3 Å². The second-order valence-corrected chi connectivity index (χ2v) is 5.26. The number of anilines is 1.